The second-order valence-electron chi connectivity index (χ2n) is 10.4. The highest BCUT2D eigenvalue weighted by Crippen LogP contribution is 2.46. The lowest BCUT2D eigenvalue weighted by Crippen LogP contribution is -2.49. The second kappa shape index (κ2) is 11.3. The van der Waals surface area contributed by atoms with E-state index in [1.165, 1.54) is 0 Å². The predicted molar refractivity (Wildman–Crippen MR) is 138 cm³/mol. The van der Waals surface area contributed by atoms with Gasteiger partial charge in [-0.1, -0.05) is 48.5 Å². The van der Waals surface area contributed by atoms with E-state index >= 15 is 0 Å². The molecule has 3 atom stereocenters. The smallest absolute Gasteiger partial charge is 0.369 e. The summed E-state index contributed by atoms with van der Waals surface area (Å²) in [5, 5.41) is 5.20. The molecule has 214 valence electrons. The van der Waals surface area contributed by atoms with Crippen molar-refractivity contribution in [2.45, 2.75) is 57.3 Å². The summed E-state index contributed by atoms with van der Waals surface area (Å²) in [6, 6.07) is 14.2. The Bertz CT molecular complexity index is 1300. The molecule has 1 aliphatic carbocycles. The van der Waals surface area contributed by atoms with Crippen LogP contribution in [0.15, 0.2) is 53.5 Å². The minimum atomic E-state index is -4.63. The summed E-state index contributed by atoms with van der Waals surface area (Å²) in [6.45, 7) is 1.78. The number of nitrogens with one attached hydrogen (secondary N) is 2. The summed E-state index contributed by atoms with van der Waals surface area (Å²) < 4.78 is 66.1. The van der Waals surface area contributed by atoms with Crippen LogP contribution in [0.4, 0.5) is 27.6 Å². The molecule has 0 spiro atoms. The highest BCUT2D eigenvalue weighted by atomic mass is 19.4. The van der Waals surface area contributed by atoms with Crippen LogP contribution in [0.1, 0.15) is 48.8 Å². The van der Waals surface area contributed by atoms with Gasteiger partial charge in [-0.05, 0) is 31.2 Å². The first-order valence-corrected chi connectivity index (χ1v) is 12.8. The van der Waals surface area contributed by atoms with Crippen LogP contribution < -0.4 is 16.4 Å². The summed E-state index contributed by atoms with van der Waals surface area (Å²) in [5.41, 5.74) is 8.21. The van der Waals surface area contributed by atoms with Crippen LogP contribution in [0.5, 0.6) is 0 Å². The van der Waals surface area contributed by atoms with Crippen molar-refractivity contribution in [1.29, 1.82) is 0 Å². The number of benzodiazepines with no additional fused rings is 1. The van der Waals surface area contributed by atoms with Gasteiger partial charge in [0.15, 0.2) is 0 Å². The maximum atomic E-state index is 13.5. The van der Waals surface area contributed by atoms with Gasteiger partial charge in [-0.2, -0.15) is 13.2 Å². The summed E-state index contributed by atoms with van der Waals surface area (Å²) in [4.78, 5) is 43.5. The van der Waals surface area contributed by atoms with Gasteiger partial charge in [-0.25, -0.2) is 13.8 Å². The van der Waals surface area contributed by atoms with E-state index in [2.05, 4.69) is 15.6 Å². The standard InChI is InChI=1S/C28H29F5N4O3/c1-15-6-5-9-19-21(15)36-26(40)24(35-22(19)17-7-3-2-4-8-17)37-25(39)20(12-16-13-27(29,30)14-16)18(23(34)38)10-11-28(31,32)33/h2-9,16,18,20,24H,10-14H2,1H3,(H2,34,38)(H,36,40)(H,37,39)/t18-,20+,24-/m1/s1. The number of primary amides is 1. The molecule has 0 unspecified atom stereocenters. The number of rotatable bonds is 9. The number of hydrogen-bond donors (Lipinski definition) is 3. The molecule has 1 saturated carbocycles. The van der Waals surface area contributed by atoms with Crippen LogP contribution in [0.3, 0.4) is 0 Å². The topological polar surface area (TPSA) is 114 Å². The normalized spacial score (nSPS) is 20.2. The minimum absolute atomic E-state index is 0.282. The number of nitrogens with zero attached hydrogens (tertiary/aromatic N) is 1. The molecule has 3 amide bonds. The molecule has 12 heteroatoms. The molecule has 0 saturated heterocycles. The summed E-state index contributed by atoms with van der Waals surface area (Å²) in [7, 11) is 0. The molecule has 4 rings (SSSR count). The van der Waals surface area contributed by atoms with Crippen molar-refractivity contribution in [2.24, 2.45) is 28.5 Å². The van der Waals surface area contributed by atoms with Crippen LogP contribution >= 0.6 is 0 Å². The SMILES string of the molecule is Cc1cccc2c1NC(=O)[C@@H](NC(=O)[C@@H](CC1CC(F)(F)C1)[C@@H](CCC(F)(F)F)C(N)=O)N=C2c1ccccc1. The van der Waals surface area contributed by atoms with Crippen molar-refractivity contribution >= 4 is 29.1 Å². The van der Waals surface area contributed by atoms with Crippen LogP contribution in [0, 0.1) is 24.7 Å². The third-order valence-electron chi connectivity index (χ3n) is 7.30. The molecule has 1 fully saturated rings. The van der Waals surface area contributed by atoms with Gasteiger partial charge in [0.1, 0.15) is 0 Å². The number of carbonyl (C=O) groups excluding carboxylic acids is 3. The molecule has 2 aromatic carbocycles. The molecule has 0 bridgehead atoms. The predicted octanol–water partition coefficient (Wildman–Crippen LogP) is 4.72. The fourth-order valence-electron chi connectivity index (χ4n) is 5.27. The van der Waals surface area contributed by atoms with Crippen LogP contribution in [0.25, 0.3) is 0 Å². The number of aryl methyl sites for hydroxylation is 1. The summed E-state index contributed by atoms with van der Waals surface area (Å²) in [6.07, 6.45) is -9.73. The fraction of sp³-hybridized carbons (Fsp3) is 0.429. The number of fused-ring (bicyclic) bond motifs is 1. The van der Waals surface area contributed by atoms with Gasteiger partial charge in [0.25, 0.3) is 5.91 Å². The maximum absolute atomic E-state index is 13.5. The number of hydrogen-bond acceptors (Lipinski definition) is 4. The lowest BCUT2D eigenvalue weighted by molar-refractivity contribution is -0.149. The Morgan fingerprint density at radius 3 is 2.38 bits per heavy atom. The van der Waals surface area contributed by atoms with Gasteiger partial charge in [0.2, 0.25) is 23.9 Å². The first kappa shape index (κ1) is 29.2. The van der Waals surface area contributed by atoms with E-state index in [0.29, 0.717) is 22.5 Å². The van der Waals surface area contributed by atoms with Crippen molar-refractivity contribution in [2.75, 3.05) is 5.32 Å². The minimum Gasteiger partial charge on any atom is -0.369 e. The van der Waals surface area contributed by atoms with Crippen LogP contribution in [-0.4, -0.2) is 41.7 Å². The monoisotopic (exact) mass is 564 g/mol. The Hall–Kier alpha value is -3.83. The van der Waals surface area contributed by atoms with Crippen molar-refractivity contribution in [3.63, 3.8) is 0 Å². The van der Waals surface area contributed by atoms with Crippen LogP contribution in [0.2, 0.25) is 0 Å². The molecule has 1 heterocycles. The Kier molecular flexibility index (Phi) is 8.27. The molecular formula is C28H29F5N4O3. The third kappa shape index (κ3) is 6.83. The first-order valence-electron chi connectivity index (χ1n) is 12.8. The van der Waals surface area contributed by atoms with E-state index in [9.17, 15) is 36.3 Å². The Morgan fingerprint density at radius 1 is 1.10 bits per heavy atom. The zero-order valence-electron chi connectivity index (χ0n) is 21.6. The molecule has 4 N–H and O–H groups in total. The molecule has 0 radical (unpaired) electrons. The molecule has 2 aromatic rings. The lowest BCUT2D eigenvalue weighted by atomic mass is 9.72. The van der Waals surface area contributed by atoms with Gasteiger partial charge >= 0.3 is 6.18 Å². The summed E-state index contributed by atoms with van der Waals surface area (Å²) >= 11 is 0. The van der Waals surface area contributed by atoms with Crippen molar-refractivity contribution in [3.8, 4) is 0 Å². The third-order valence-corrected chi connectivity index (χ3v) is 7.30. The maximum Gasteiger partial charge on any atom is 0.389 e. The van der Waals surface area contributed by atoms with E-state index in [1.54, 1.807) is 55.5 Å². The van der Waals surface area contributed by atoms with E-state index in [4.69, 9.17) is 5.73 Å². The summed E-state index contributed by atoms with van der Waals surface area (Å²) in [5.74, 6) is -9.51. The number of alkyl halides is 5. The highest BCUT2D eigenvalue weighted by Gasteiger charge is 2.48. The number of halogens is 5. The fourth-order valence-corrected chi connectivity index (χ4v) is 5.27. The average molecular weight is 565 g/mol. The molecule has 7 nitrogen and oxygen atoms in total. The van der Waals surface area contributed by atoms with Gasteiger partial charge in [-0.3, -0.25) is 14.4 Å². The van der Waals surface area contributed by atoms with E-state index < -0.39 is 79.4 Å². The number of amides is 3. The number of carbonyl (C=O) groups is 3. The first-order chi connectivity index (χ1) is 18.7. The Balaban J connectivity index is 1.67. The van der Waals surface area contributed by atoms with Gasteiger partial charge < -0.3 is 16.4 Å². The largest absolute Gasteiger partial charge is 0.389 e. The molecular weight excluding hydrogens is 535 g/mol. The van der Waals surface area contributed by atoms with Gasteiger partial charge in [-0.15, -0.1) is 0 Å². The second-order valence-corrected chi connectivity index (χ2v) is 10.4. The number of benzene rings is 2. The number of para-hydroxylation sites is 1. The molecule has 0 aromatic heterocycles. The quantitative estimate of drug-likeness (QED) is 0.383. The Labute approximate surface area is 227 Å². The average Bonchev–Trinajstić information content (AvgIpc) is 2.99. The molecule has 2 aliphatic rings. The Morgan fingerprint density at radius 2 is 1.77 bits per heavy atom. The highest BCUT2D eigenvalue weighted by molar-refractivity contribution is 6.20. The number of aliphatic imine (C=N–C) groups is 1. The zero-order valence-corrected chi connectivity index (χ0v) is 21.6. The molecule has 1 aliphatic heterocycles. The van der Waals surface area contributed by atoms with E-state index in [0.717, 1.165) is 5.56 Å². The van der Waals surface area contributed by atoms with Crippen molar-refractivity contribution in [3.05, 3.63) is 65.2 Å². The van der Waals surface area contributed by atoms with E-state index in [1.807, 2.05) is 0 Å². The van der Waals surface area contributed by atoms with E-state index in [-0.39, 0.29) is 6.42 Å². The lowest BCUT2D eigenvalue weighted by Gasteiger charge is -2.38. The number of nitrogens with two attached hydrogens (primary N) is 1. The molecule has 40 heavy (non-hydrogen) atoms. The van der Waals surface area contributed by atoms with Gasteiger partial charge in [0, 0.05) is 42.2 Å². The van der Waals surface area contributed by atoms with Crippen LogP contribution in [-0.2, 0) is 14.4 Å². The van der Waals surface area contributed by atoms with Crippen molar-refractivity contribution < 1.29 is 36.3 Å². The zero-order chi connectivity index (χ0) is 29.2. The number of anilines is 1. The van der Waals surface area contributed by atoms with Gasteiger partial charge in [0.05, 0.1) is 11.4 Å². The van der Waals surface area contributed by atoms with Crippen molar-refractivity contribution in [1.82, 2.24) is 5.32 Å².